The molecule has 0 spiro atoms. The lowest BCUT2D eigenvalue weighted by molar-refractivity contribution is -0.145. The van der Waals surface area contributed by atoms with Gasteiger partial charge in [0.05, 0.1) is 0 Å². The third-order valence-electron chi connectivity index (χ3n) is 4.61. The molecule has 0 aliphatic heterocycles. The molecule has 0 aliphatic carbocycles. The molecule has 0 saturated carbocycles. The van der Waals surface area contributed by atoms with Crippen molar-refractivity contribution in [1.29, 1.82) is 0 Å². The Morgan fingerprint density at radius 1 is 1.06 bits per heavy atom. The van der Waals surface area contributed by atoms with E-state index < -0.39 is 35.6 Å². The van der Waals surface area contributed by atoms with Crippen LogP contribution >= 0.6 is 0 Å². The SMILES string of the molecule is CCC(C)N(C(=O)C(C)NC(=O)OC(C)(C)C)C(C(=O)NC(C)C)c1ccccc1O. The van der Waals surface area contributed by atoms with Crippen LogP contribution in [-0.2, 0) is 14.3 Å². The Labute approximate surface area is 185 Å². The number of ether oxygens (including phenoxy) is 1. The predicted molar refractivity (Wildman–Crippen MR) is 120 cm³/mol. The van der Waals surface area contributed by atoms with E-state index >= 15 is 0 Å². The van der Waals surface area contributed by atoms with Gasteiger partial charge in [-0.1, -0.05) is 25.1 Å². The Kier molecular flexibility index (Phi) is 9.34. The standard InChI is InChI=1S/C23H37N3O5/c1-9-15(4)26(21(29)16(5)25-22(30)31-23(6,7)8)19(20(28)24-14(2)3)17-12-10-11-13-18(17)27/h10-16,19,27H,9H2,1-8H3,(H,24,28)(H,25,30). The molecule has 0 bridgehead atoms. The molecule has 31 heavy (non-hydrogen) atoms. The third kappa shape index (κ3) is 7.77. The minimum Gasteiger partial charge on any atom is -0.508 e. The van der Waals surface area contributed by atoms with Gasteiger partial charge in [-0.25, -0.2) is 4.79 Å². The summed E-state index contributed by atoms with van der Waals surface area (Å²) in [6.45, 7) is 14.1. The van der Waals surface area contributed by atoms with E-state index in [0.717, 1.165) is 0 Å². The minimum absolute atomic E-state index is 0.0831. The summed E-state index contributed by atoms with van der Waals surface area (Å²) in [6.07, 6.45) is -0.146. The van der Waals surface area contributed by atoms with E-state index in [4.69, 9.17) is 4.74 Å². The average molecular weight is 436 g/mol. The Hall–Kier alpha value is -2.77. The molecule has 3 N–H and O–H groups in total. The van der Waals surface area contributed by atoms with Crippen molar-refractivity contribution in [3.63, 3.8) is 0 Å². The number of para-hydroxylation sites is 1. The van der Waals surface area contributed by atoms with Gasteiger partial charge in [0.1, 0.15) is 23.4 Å². The van der Waals surface area contributed by atoms with Crippen molar-refractivity contribution in [3.05, 3.63) is 29.8 Å². The lowest BCUT2D eigenvalue weighted by Crippen LogP contribution is -2.55. The summed E-state index contributed by atoms with van der Waals surface area (Å²) in [7, 11) is 0. The number of hydrogen-bond donors (Lipinski definition) is 3. The number of carbonyl (C=O) groups excluding carboxylic acids is 3. The summed E-state index contributed by atoms with van der Waals surface area (Å²) in [4.78, 5) is 40.2. The van der Waals surface area contributed by atoms with E-state index in [-0.39, 0.29) is 17.8 Å². The first-order valence-corrected chi connectivity index (χ1v) is 10.7. The van der Waals surface area contributed by atoms with Crippen LogP contribution in [0, 0.1) is 0 Å². The first-order chi connectivity index (χ1) is 14.3. The van der Waals surface area contributed by atoms with Crippen molar-refractivity contribution < 1.29 is 24.2 Å². The fourth-order valence-corrected chi connectivity index (χ4v) is 3.06. The van der Waals surface area contributed by atoms with Gasteiger partial charge in [0.25, 0.3) is 0 Å². The van der Waals surface area contributed by atoms with Crippen LogP contribution in [0.15, 0.2) is 24.3 Å². The molecule has 174 valence electrons. The molecule has 0 heterocycles. The molecule has 0 aromatic heterocycles. The molecule has 8 nitrogen and oxygen atoms in total. The predicted octanol–water partition coefficient (Wildman–Crippen LogP) is 3.50. The fourth-order valence-electron chi connectivity index (χ4n) is 3.06. The number of hydrogen-bond acceptors (Lipinski definition) is 5. The largest absolute Gasteiger partial charge is 0.508 e. The van der Waals surface area contributed by atoms with Gasteiger partial charge < -0.3 is 25.4 Å². The molecular formula is C23H37N3O5. The zero-order valence-electron chi connectivity index (χ0n) is 19.9. The van der Waals surface area contributed by atoms with E-state index in [1.54, 1.807) is 45.9 Å². The number of phenolic OH excluding ortho intramolecular Hbond substituents is 1. The third-order valence-corrected chi connectivity index (χ3v) is 4.61. The molecule has 0 saturated heterocycles. The smallest absolute Gasteiger partial charge is 0.408 e. The van der Waals surface area contributed by atoms with E-state index in [9.17, 15) is 19.5 Å². The second-order valence-electron chi connectivity index (χ2n) is 9.00. The minimum atomic E-state index is -1.06. The topological polar surface area (TPSA) is 108 Å². The van der Waals surface area contributed by atoms with Gasteiger partial charge in [0.15, 0.2) is 0 Å². The highest BCUT2D eigenvalue weighted by Crippen LogP contribution is 2.31. The number of carbonyl (C=O) groups is 3. The van der Waals surface area contributed by atoms with Gasteiger partial charge in [0, 0.05) is 17.6 Å². The number of alkyl carbamates (subject to hydrolysis) is 1. The molecular weight excluding hydrogens is 398 g/mol. The van der Waals surface area contributed by atoms with Gasteiger partial charge in [-0.2, -0.15) is 0 Å². The summed E-state index contributed by atoms with van der Waals surface area (Å²) in [5, 5.41) is 15.8. The highest BCUT2D eigenvalue weighted by atomic mass is 16.6. The summed E-state index contributed by atoms with van der Waals surface area (Å²) in [6, 6.07) is 3.95. The van der Waals surface area contributed by atoms with Crippen molar-refractivity contribution in [2.75, 3.05) is 0 Å². The molecule has 0 radical (unpaired) electrons. The zero-order valence-corrected chi connectivity index (χ0v) is 19.9. The molecule has 3 amide bonds. The number of rotatable bonds is 8. The molecule has 8 heteroatoms. The number of phenols is 1. The lowest BCUT2D eigenvalue weighted by Gasteiger charge is -2.38. The van der Waals surface area contributed by atoms with Crippen molar-refractivity contribution in [1.82, 2.24) is 15.5 Å². The van der Waals surface area contributed by atoms with Crippen LogP contribution in [0.1, 0.15) is 73.4 Å². The van der Waals surface area contributed by atoms with Gasteiger partial charge in [0.2, 0.25) is 11.8 Å². The number of nitrogens with one attached hydrogen (secondary N) is 2. The van der Waals surface area contributed by atoms with Crippen molar-refractivity contribution >= 4 is 17.9 Å². The maximum Gasteiger partial charge on any atom is 0.408 e. The average Bonchev–Trinajstić information content (AvgIpc) is 2.63. The molecule has 1 rings (SSSR count). The van der Waals surface area contributed by atoms with E-state index in [0.29, 0.717) is 12.0 Å². The van der Waals surface area contributed by atoms with Gasteiger partial charge in [-0.05, 0) is 61.0 Å². The fraction of sp³-hybridized carbons (Fsp3) is 0.609. The molecule has 0 aliphatic rings. The molecule has 1 aromatic rings. The molecule has 3 unspecified atom stereocenters. The van der Waals surface area contributed by atoms with Crippen LogP contribution < -0.4 is 10.6 Å². The normalized spacial score (nSPS) is 14.4. The maximum atomic E-state index is 13.5. The van der Waals surface area contributed by atoms with E-state index in [1.807, 2.05) is 27.7 Å². The highest BCUT2D eigenvalue weighted by molar-refractivity contribution is 5.92. The zero-order chi connectivity index (χ0) is 23.9. The molecule has 1 aromatic carbocycles. The molecule has 0 fully saturated rings. The second kappa shape index (κ2) is 11.0. The van der Waals surface area contributed by atoms with E-state index in [1.165, 1.54) is 11.0 Å². The Morgan fingerprint density at radius 2 is 1.65 bits per heavy atom. The summed E-state index contributed by atoms with van der Waals surface area (Å²) >= 11 is 0. The van der Waals surface area contributed by atoms with Gasteiger partial charge >= 0.3 is 6.09 Å². The lowest BCUT2D eigenvalue weighted by atomic mass is 9.99. The molecule has 3 atom stereocenters. The van der Waals surface area contributed by atoms with Crippen LogP contribution in [0.3, 0.4) is 0 Å². The summed E-state index contributed by atoms with van der Waals surface area (Å²) in [5.74, 6) is -0.942. The Bertz CT molecular complexity index is 773. The number of nitrogens with zero attached hydrogens (tertiary/aromatic N) is 1. The van der Waals surface area contributed by atoms with E-state index in [2.05, 4.69) is 10.6 Å². The van der Waals surface area contributed by atoms with Crippen LogP contribution in [0.25, 0.3) is 0 Å². The number of amides is 3. The highest BCUT2D eigenvalue weighted by Gasteiger charge is 2.38. The van der Waals surface area contributed by atoms with Crippen molar-refractivity contribution in [2.45, 2.75) is 91.6 Å². The summed E-state index contributed by atoms with van der Waals surface area (Å²) in [5.41, 5.74) is -0.391. The van der Waals surface area contributed by atoms with Crippen molar-refractivity contribution in [2.24, 2.45) is 0 Å². The van der Waals surface area contributed by atoms with Crippen molar-refractivity contribution in [3.8, 4) is 5.75 Å². The Balaban J connectivity index is 3.35. The quantitative estimate of drug-likeness (QED) is 0.579. The first kappa shape index (κ1) is 26.3. The van der Waals surface area contributed by atoms with Gasteiger partial charge in [-0.15, -0.1) is 0 Å². The first-order valence-electron chi connectivity index (χ1n) is 10.7. The monoisotopic (exact) mass is 435 g/mol. The van der Waals surface area contributed by atoms with Crippen LogP contribution in [-0.4, -0.2) is 51.6 Å². The number of aromatic hydroxyl groups is 1. The summed E-state index contributed by atoms with van der Waals surface area (Å²) < 4.78 is 5.25. The number of benzene rings is 1. The maximum absolute atomic E-state index is 13.5. The van der Waals surface area contributed by atoms with Crippen LogP contribution in [0.5, 0.6) is 5.75 Å². The van der Waals surface area contributed by atoms with Crippen LogP contribution in [0.4, 0.5) is 4.79 Å². The van der Waals surface area contributed by atoms with Gasteiger partial charge in [-0.3, -0.25) is 9.59 Å². The van der Waals surface area contributed by atoms with Crippen LogP contribution in [0.2, 0.25) is 0 Å². The Morgan fingerprint density at radius 3 is 2.13 bits per heavy atom. The second-order valence-corrected chi connectivity index (χ2v) is 9.00.